The number of aromatic amines is 1. The van der Waals surface area contributed by atoms with Gasteiger partial charge in [-0.2, -0.15) is 0 Å². The molecule has 1 aliphatic rings. The zero-order valence-corrected chi connectivity index (χ0v) is 15.1. The SMILES string of the molecule is CN1CCC(CC(=O)c2cc(C(=O)c3c(F)ccc(Cl)c3F)c[nH]2)CC1. The van der Waals surface area contributed by atoms with E-state index in [0.29, 0.717) is 12.3 Å². The van der Waals surface area contributed by atoms with Crippen molar-refractivity contribution in [3.05, 3.63) is 57.9 Å². The van der Waals surface area contributed by atoms with Crippen LogP contribution in [-0.2, 0) is 0 Å². The Bertz CT molecular complexity index is 842. The van der Waals surface area contributed by atoms with Crippen LogP contribution in [0.1, 0.15) is 45.7 Å². The Morgan fingerprint density at radius 2 is 1.96 bits per heavy atom. The van der Waals surface area contributed by atoms with Gasteiger partial charge in [0.25, 0.3) is 0 Å². The maximum atomic E-state index is 14.0. The van der Waals surface area contributed by atoms with Crippen LogP contribution in [0.4, 0.5) is 8.78 Å². The number of benzene rings is 1. The Balaban J connectivity index is 1.74. The monoisotopic (exact) mass is 380 g/mol. The number of hydrogen-bond acceptors (Lipinski definition) is 3. The van der Waals surface area contributed by atoms with Gasteiger partial charge in [0.15, 0.2) is 11.6 Å². The highest BCUT2D eigenvalue weighted by atomic mass is 35.5. The molecule has 4 nitrogen and oxygen atoms in total. The number of H-pyrrole nitrogens is 1. The van der Waals surface area contributed by atoms with Gasteiger partial charge in [0.2, 0.25) is 5.78 Å². The third kappa shape index (κ3) is 3.86. The van der Waals surface area contributed by atoms with Crippen LogP contribution in [0.25, 0.3) is 0 Å². The third-order valence-electron chi connectivity index (χ3n) is 4.83. The third-order valence-corrected chi connectivity index (χ3v) is 5.12. The molecule has 0 radical (unpaired) electrons. The highest BCUT2D eigenvalue weighted by Crippen LogP contribution is 2.25. The average molecular weight is 381 g/mol. The summed E-state index contributed by atoms with van der Waals surface area (Å²) < 4.78 is 27.9. The molecular weight excluding hydrogens is 362 g/mol. The maximum Gasteiger partial charge on any atom is 0.200 e. The van der Waals surface area contributed by atoms with Crippen molar-refractivity contribution >= 4 is 23.2 Å². The largest absolute Gasteiger partial charge is 0.358 e. The van der Waals surface area contributed by atoms with Gasteiger partial charge in [0.1, 0.15) is 5.82 Å². The second kappa shape index (κ2) is 7.68. The zero-order chi connectivity index (χ0) is 18.8. The van der Waals surface area contributed by atoms with Crippen molar-refractivity contribution in [2.45, 2.75) is 19.3 Å². The van der Waals surface area contributed by atoms with Crippen molar-refractivity contribution in [1.82, 2.24) is 9.88 Å². The van der Waals surface area contributed by atoms with E-state index in [4.69, 9.17) is 11.6 Å². The molecule has 0 aliphatic carbocycles. The molecule has 1 aromatic heterocycles. The fourth-order valence-electron chi connectivity index (χ4n) is 3.20. The van der Waals surface area contributed by atoms with E-state index in [1.54, 1.807) is 0 Å². The number of hydrogen-bond donors (Lipinski definition) is 1. The molecule has 0 bridgehead atoms. The standard InChI is InChI=1S/C19H19ClF2N2O2/c1-24-6-4-11(5-7-24)8-16(25)15-9-12(10-23-15)19(26)17-14(21)3-2-13(20)18(17)22/h2-3,9-11,23H,4-8H2,1H3. The predicted octanol–water partition coefficient (Wildman–Crippen LogP) is 4.09. The van der Waals surface area contributed by atoms with E-state index in [2.05, 4.69) is 16.9 Å². The minimum absolute atomic E-state index is 0.0248. The van der Waals surface area contributed by atoms with E-state index in [1.807, 2.05) is 0 Å². The quantitative estimate of drug-likeness (QED) is 0.627. The second-order valence-corrected chi connectivity index (χ2v) is 7.13. The molecule has 1 saturated heterocycles. The number of nitrogens with one attached hydrogen (secondary N) is 1. The first-order chi connectivity index (χ1) is 12.4. The van der Waals surface area contributed by atoms with Crippen molar-refractivity contribution < 1.29 is 18.4 Å². The smallest absolute Gasteiger partial charge is 0.200 e. The highest BCUT2D eigenvalue weighted by molar-refractivity contribution is 6.31. The molecule has 1 aromatic carbocycles. The lowest BCUT2D eigenvalue weighted by atomic mass is 9.91. The number of carbonyl (C=O) groups is 2. The van der Waals surface area contributed by atoms with Crippen molar-refractivity contribution in [2.24, 2.45) is 5.92 Å². The van der Waals surface area contributed by atoms with Crippen LogP contribution in [0.2, 0.25) is 5.02 Å². The van der Waals surface area contributed by atoms with Gasteiger partial charge in [0.05, 0.1) is 16.3 Å². The van der Waals surface area contributed by atoms with E-state index in [9.17, 15) is 18.4 Å². The molecule has 2 aromatic rings. The molecule has 1 aliphatic heterocycles. The van der Waals surface area contributed by atoms with Gasteiger partial charge in [-0.25, -0.2) is 8.78 Å². The lowest BCUT2D eigenvalue weighted by Gasteiger charge is -2.28. The second-order valence-electron chi connectivity index (χ2n) is 6.72. The maximum absolute atomic E-state index is 14.0. The molecule has 138 valence electrons. The van der Waals surface area contributed by atoms with E-state index in [0.717, 1.165) is 38.1 Å². The summed E-state index contributed by atoms with van der Waals surface area (Å²) in [5, 5.41) is -0.330. The molecule has 0 saturated carbocycles. The van der Waals surface area contributed by atoms with Gasteiger partial charge in [0, 0.05) is 18.2 Å². The summed E-state index contributed by atoms with van der Waals surface area (Å²) in [6.07, 6.45) is 3.59. The average Bonchev–Trinajstić information content (AvgIpc) is 3.11. The van der Waals surface area contributed by atoms with Gasteiger partial charge < -0.3 is 9.88 Å². The number of piperidine rings is 1. The Morgan fingerprint density at radius 3 is 2.65 bits per heavy atom. The number of nitrogens with zero attached hydrogens (tertiary/aromatic N) is 1. The Kier molecular flexibility index (Phi) is 5.53. The van der Waals surface area contributed by atoms with E-state index < -0.39 is 23.0 Å². The molecule has 0 unspecified atom stereocenters. The molecule has 0 amide bonds. The van der Waals surface area contributed by atoms with Gasteiger partial charge in [-0.05, 0) is 57.1 Å². The van der Waals surface area contributed by atoms with Crippen LogP contribution in [0.5, 0.6) is 0 Å². The molecule has 1 N–H and O–H groups in total. The summed E-state index contributed by atoms with van der Waals surface area (Å²) in [5.41, 5.74) is -0.419. The van der Waals surface area contributed by atoms with Gasteiger partial charge in [-0.1, -0.05) is 11.6 Å². The number of halogens is 3. The van der Waals surface area contributed by atoms with E-state index >= 15 is 0 Å². The summed E-state index contributed by atoms with van der Waals surface area (Å²) in [5.74, 6) is -2.74. The van der Waals surface area contributed by atoms with Crippen molar-refractivity contribution in [3.63, 3.8) is 0 Å². The molecule has 2 heterocycles. The van der Waals surface area contributed by atoms with Crippen LogP contribution < -0.4 is 0 Å². The van der Waals surface area contributed by atoms with Gasteiger partial charge in [-0.3, -0.25) is 9.59 Å². The Labute approximate surface area is 155 Å². The van der Waals surface area contributed by atoms with Crippen molar-refractivity contribution in [2.75, 3.05) is 20.1 Å². The van der Waals surface area contributed by atoms with Crippen LogP contribution in [0, 0.1) is 17.6 Å². The first-order valence-electron chi connectivity index (χ1n) is 8.45. The van der Waals surface area contributed by atoms with Crippen LogP contribution in [0.15, 0.2) is 24.4 Å². The first kappa shape index (κ1) is 18.7. The molecule has 3 rings (SSSR count). The van der Waals surface area contributed by atoms with E-state index in [-0.39, 0.29) is 22.1 Å². The molecular formula is C19H19ClF2N2O2. The fraction of sp³-hybridized carbons (Fsp3) is 0.368. The van der Waals surface area contributed by atoms with E-state index in [1.165, 1.54) is 12.3 Å². The lowest BCUT2D eigenvalue weighted by molar-refractivity contribution is 0.0931. The van der Waals surface area contributed by atoms with Gasteiger partial charge in [-0.15, -0.1) is 0 Å². The highest BCUT2D eigenvalue weighted by Gasteiger charge is 2.24. The predicted molar refractivity (Wildman–Crippen MR) is 94.8 cm³/mol. The summed E-state index contributed by atoms with van der Waals surface area (Å²) in [6.45, 7) is 1.92. The summed E-state index contributed by atoms with van der Waals surface area (Å²) in [4.78, 5) is 29.8. The minimum atomic E-state index is -1.10. The molecule has 0 atom stereocenters. The molecule has 0 spiro atoms. The summed E-state index contributed by atoms with van der Waals surface area (Å²) >= 11 is 5.63. The number of rotatable bonds is 5. The number of carbonyl (C=O) groups excluding carboxylic acids is 2. The van der Waals surface area contributed by atoms with Crippen molar-refractivity contribution in [3.8, 4) is 0 Å². The summed E-state index contributed by atoms with van der Waals surface area (Å²) in [7, 11) is 2.05. The topological polar surface area (TPSA) is 53.2 Å². The van der Waals surface area contributed by atoms with Gasteiger partial charge >= 0.3 is 0 Å². The Morgan fingerprint density at radius 1 is 1.27 bits per heavy atom. The van der Waals surface area contributed by atoms with Crippen LogP contribution in [-0.4, -0.2) is 41.6 Å². The number of aromatic nitrogens is 1. The minimum Gasteiger partial charge on any atom is -0.358 e. The van der Waals surface area contributed by atoms with Crippen LogP contribution >= 0.6 is 11.6 Å². The fourth-order valence-corrected chi connectivity index (χ4v) is 3.36. The Hall–Kier alpha value is -2.05. The first-order valence-corrected chi connectivity index (χ1v) is 8.83. The number of ketones is 2. The van der Waals surface area contributed by atoms with Crippen molar-refractivity contribution in [1.29, 1.82) is 0 Å². The molecule has 1 fully saturated rings. The number of likely N-dealkylation sites (tertiary alicyclic amines) is 1. The molecule has 7 heteroatoms. The molecule has 26 heavy (non-hydrogen) atoms. The lowest BCUT2D eigenvalue weighted by Crippen LogP contribution is -2.31. The zero-order valence-electron chi connectivity index (χ0n) is 14.3. The summed E-state index contributed by atoms with van der Waals surface area (Å²) in [6, 6.07) is 3.34. The normalized spacial score (nSPS) is 16.0. The number of Topliss-reactive ketones (excluding diaryl/α,β-unsaturated/α-hetero) is 1. The van der Waals surface area contributed by atoms with Crippen LogP contribution in [0.3, 0.4) is 0 Å².